The predicted octanol–water partition coefficient (Wildman–Crippen LogP) is 2.47. The van der Waals surface area contributed by atoms with Gasteiger partial charge in [-0.15, -0.1) is 0 Å². The van der Waals surface area contributed by atoms with E-state index in [4.69, 9.17) is 17.3 Å². The van der Waals surface area contributed by atoms with Crippen molar-refractivity contribution in [2.45, 2.75) is 38.4 Å². The standard InChI is InChI=1S/C15H22ClN3/c1-11-9-18-7-3-5-13(18)10-19(11)15-12(8-17)4-2-6-14(15)16/h2,4,6,11,13H,3,5,7-10,17H2,1H3. The summed E-state index contributed by atoms with van der Waals surface area (Å²) in [5.74, 6) is 0. The fraction of sp³-hybridized carbons (Fsp3) is 0.600. The van der Waals surface area contributed by atoms with Crippen molar-refractivity contribution in [1.29, 1.82) is 0 Å². The Morgan fingerprint density at radius 1 is 1.37 bits per heavy atom. The third-order valence-corrected chi connectivity index (χ3v) is 4.82. The molecule has 0 aliphatic carbocycles. The summed E-state index contributed by atoms with van der Waals surface area (Å²) in [6.07, 6.45) is 2.64. The topological polar surface area (TPSA) is 32.5 Å². The molecule has 2 fully saturated rings. The molecule has 0 amide bonds. The van der Waals surface area contributed by atoms with Crippen LogP contribution >= 0.6 is 11.6 Å². The lowest BCUT2D eigenvalue weighted by atomic mass is 10.0. The van der Waals surface area contributed by atoms with Gasteiger partial charge >= 0.3 is 0 Å². The zero-order valence-electron chi connectivity index (χ0n) is 11.5. The van der Waals surface area contributed by atoms with Gasteiger partial charge in [0.1, 0.15) is 0 Å². The molecule has 0 saturated carbocycles. The van der Waals surface area contributed by atoms with E-state index in [1.165, 1.54) is 19.4 Å². The molecule has 3 nitrogen and oxygen atoms in total. The number of anilines is 1. The van der Waals surface area contributed by atoms with Crippen molar-refractivity contribution in [2.75, 3.05) is 24.5 Å². The van der Waals surface area contributed by atoms with E-state index in [1.807, 2.05) is 12.1 Å². The van der Waals surface area contributed by atoms with Crippen LogP contribution in [0.15, 0.2) is 18.2 Å². The highest BCUT2D eigenvalue weighted by atomic mass is 35.5. The Bertz CT molecular complexity index is 463. The van der Waals surface area contributed by atoms with E-state index in [-0.39, 0.29) is 0 Å². The highest BCUT2D eigenvalue weighted by molar-refractivity contribution is 6.33. The van der Waals surface area contributed by atoms with Crippen LogP contribution in [-0.4, -0.2) is 36.6 Å². The lowest BCUT2D eigenvalue weighted by molar-refractivity contribution is 0.203. The summed E-state index contributed by atoms with van der Waals surface area (Å²) in [5.41, 5.74) is 8.20. The Kier molecular flexibility index (Phi) is 3.70. The first-order valence-electron chi connectivity index (χ1n) is 7.19. The third-order valence-electron chi connectivity index (χ3n) is 4.51. The van der Waals surface area contributed by atoms with E-state index in [2.05, 4.69) is 22.8 Å². The number of fused-ring (bicyclic) bond motifs is 1. The number of rotatable bonds is 2. The number of hydrogen-bond acceptors (Lipinski definition) is 3. The van der Waals surface area contributed by atoms with Gasteiger partial charge in [-0.1, -0.05) is 23.7 Å². The van der Waals surface area contributed by atoms with E-state index >= 15 is 0 Å². The normalized spacial score (nSPS) is 27.6. The van der Waals surface area contributed by atoms with Crippen molar-refractivity contribution in [3.8, 4) is 0 Å². The van der Waals surface area contributed by atoms with Crippen LogP contribution in [0, 0.1) is 0 Å². The van der Waals surface area contributed by atoms with E-state index in [1.54, 1.807) is 0 Å². The molecule has 1 aromatic rings. The van der Waals surface area contributed by atoms with E-state index in [0.717, 1.165) is 29.4 Å². The molecule has 1 aromatic carbocycles. The maximum atomic E-state index is 6.44. The Morgan fingerprint density at radius 3 is 3.00 bits per heavy atom. The molecule has 2 N–H and O–H groups in total. The summed E-state index contributed by atoms with van der Waals surface area (Å²) in [6.45, 7) is 6.32. The van der Waals surface area contributed by atoms with Crippen molar-refractivity contribution in [3.63, 3.8) is 0 Å². The lowest BCUT2D eigenvalue weighted by Crippen LogP contribution is -2.55. The number of nitrogens with zero attached hydrogens (tertiary/aromatic N) is 2. The molecule has 0 radical (unpaired) electrons. The monoisotopic (exact) mass is 279 g/mol. The fourth-order valence-electron chi connectivity index (χ4n) is 3.55. The van der Waals surface area contributed by atoms with E-state index in [9.17, 15) is 0 Å². The van der Waals surface area contributed by atoms with Crippen molar-refractivity contribution in [2.24, 2.45) is 5.73 Å². The zero-order chi connectivity index (χ0) is 13.4. The number of halogens is 1. The molecule has 0 bridgehead atoms. The summed E-state index contributed by atoms with van der Waals surface area (Å²) >= 11 is 6.44. The van der Waals surface area contributed by atoms with Crippen molar-refractivity contribution in [3.05, 3.63) is 28.8 Å². The second-order valence-electron chi connectivity index (χ2n) is 5.74. The van der Waals surface area contributed by atoms with Gasteiger partial charge in [0.15, 0.2) is 0 Å². The van der Waals surface area contributed by atoms with Gasteiger partial charge in [-0.25, -0.2) is 0 Å². The molecular formula is C15H22ClN3. The van der Waals surface area contributed by atoms with Crippen LogP contribution in [-0.2, 0) is 6.54 Å². The molecule has 2 aliphatic heterocycles. The number of nitrogens with two attached hydrogens (primary N) is 1. The molecule has 3 rings (SSSR count). The molecule has 2 unspecified atom stereocenters. The summed E-state index contributed by atoms with van der Waals surface area (Å²) in [5, 5.41) is 0.834. The first-order valence-corrected chi connectivity index (χ1v) is 7.56. The molecule has 19 heavy (non-hydrogen) atoms. The molecule has 2 heterocycles. The lowest BCUT2D eigenvalue weighted by Gasteiger charge is -2.44. The van der Waals surface area contributed by atoms with Crippen LogP contribution in [0.1, 0.15) is 25.3 Å². The van der Waals surface area contributed by atoms with Gasteiger partial charge in [0.25, 0.3) is 0 Å². The van der Waals surface area contributed by atoms with Crippen molar-refractivity contribution >= 4 is 17.3 Å². The average Bonchev–Trinajstić information content (AvgIpc) is 2.84. The van der Waals surface area contributed by atoms with Gasteiger partial charge in [-0.2, -0.15) is 0 Å². The molecule has 104 valence electrons. The highest BCUT2D eigenvalue weighted by Crippen LogP contribution is 2.35. The van der Waals surface area contributed by atoms with Gasteiger partial charge < -0.3 is 10.6 Å². The van der Waals surface area contributed by atoms with Crippen LogP contribution in [0.5, 0.6) is 0 Å². The maximum Gasteiger partial charge on any atom is 0.0643 e. The minimum Gasteiger partial charge on any atom is -0.365 e. The predicted molar refractivity (Wildman–Crippen MR) is 80.7 cm³/mol. The number of piperazine rings is 1. The summed E-state index contributed by atoms with van der Waals surface area (Å²) in [4.78, 5) is 5.09. The minimum atomic E-state index is 0.500. The third kappa shape index (κ3) is 2.35. The van der Waals surface area contributed by atoms with Gasteiger partial charge in [0.2, 0.25) is 0 Å². The van der Waals surface area contributed by atoms with Gasteiger partial charge in [0.05, 0.1) is 10.7 Å². The second kappa shape index (κ2) is 5.31. The fourth-order valence-corrected chi connectivity index (χ4v) is 3.85. The van der Waals surface area contributed by atoms with Gasteiger partial charge in [0, 0.05) is 31.7 Å². The van der Waals surface area contributed by atoms with Crippen LogP contribution in [0.3, 0.4) is 0 Å². The second-order valence-corrected chi connectivity index (χ2v) is 6.15. The molecule has 2 aliphatic rings. The molecule has 4 heteroatoms. The van der Waals surface area contributed by atoms with Crippen LogP contribution in [0.25, 0.3) is 0 Å². The molecular weight excluding hydrogens is 258 g/mol. The Morgan fingerprint density at radius 2 is 2.21 bits per heavy atom. The Balaban J connectivity index is 1.93. The molecule has 2 saturated heterocycles. The summed E-state index contributed by atoms with van der Waals surface area (Å²) in [6, 6.07) is 7.25. The maximum absolute atomic E-state index is 6.44. The SMILES string of the molecule is CC1CN2CCCC2CN1c1c(Cl)cccc1CN. The number of hydrogen-bond donors (Lipinski definition) is 1. The number of para-hydroxylation sites is 1. The van der Waals surface area contributed by atoms with Crippen molar-refractivity contribution in [1.82, 2.24) is 4.90 Å². The zero-order valence-corrected chi connectivity index (χ0v) is 12.2. The average molecular weight is 280 g/mol. The van der Waals surface area contributed by atoms with E-state index < -0.39 is 0 Å². The quantitative estimate of drug-likeness (QED) is 0.903. The Labute approximate surface area is 120 Å². The first-order chi connectivity index (χ1) is 9.20. The molecule has 0 aromatic heterocycles. The van der Waals surface area contributed by atoms with Gasteiger partial charge in [-0.05, 0) is 37.9 Å². The highest BCUT2D eigenvalue weighted by Gasteiger charge is 2.35. The minimum absolute atomic E-state index is 0.500. The largest absolute Gasteiger partial charge is 0.365 e. The Hall–Kier alpha value is -0.770. The summed E-state index contributed by atoms with van der Waals surface area (Å²) < 4.78 is 0. The molecule has 2 atom stereocenters. The van der Waals surface area contributed by atoms with E-state index in [0.29, 0.717) is 18.6 Å². The van der Waals surface area contributed by atoms with Crippen LogP contribution < -0.4 is 10.6 Å². The number of benzene rings is 1. The van der Waals surface area contributed by atoms with Crippen LogP contribution in [0.2, 0.25) is 5.02 Å². The van der Waals surface area contributed by atoms with Gasteiger partial charge in [-0.3, -0.25) is 4.90 Å². The molecule has 0 spiro atoms. The first kappa shape index (κ1) is 13.2. The smallest absolute Gasteiger partial charge is 0.0643 e. The van der Waals surface area contributed by atoms with Crippen LogP contribution in [0.4, 0.5) is 5.69 Å². The van der Waals surface area contributed by atoms with Crippen molar-refractivity contribution < 1.29 is 0 Å². The summed E-state index contributed by atoms with van der Waals surface area (Å²) in [7, 11) is 0.